The van der Waals surface area contributed by atoms with Crippen molar-refractivity contribution in [2.45, 2.75) is 32.5 Å². The van der Waals surface area contributed by atoms with Crippen molar-refractivity contribution in [3.05, 3.63) is 89.5 Å². The molecule has 0 radical (unpaired) electrons. The van der Waals surface area contributed by atoms with Crippen molar-refractivity contribution in [1.82, 2.24) is 5.32 Å². The van der Waals surface area contributed by atoms with Crippen LogP contribution in [0.15, 0.2) is 72.8 Å². The second-order valence-electron chi connectivity index (χ2n) is 8.37. The summed E-state index contributed by atoms with van der Waals surface area (Å²) in [6.45, 7) is 4.00. The molecule has 7 heteroatoms. The van der Waals surface area contributed by atoms with Crippen LogP contribution in [0.3, 0.4) is 0 Å². The van der Waals surface area contributed by atoms with Gasteiger partial charge in [0.2, 0.25) is 0 Å². The third-order valence-corrected chi connectivity index (χ3v) is 5.94. The van der Waals surface area contributed by atoms with Gasteiger partial charge in [0.05, 0.1) is 0 Å². The Bertz CT molecular complexity index is 1150. The zero-order valence-electron chi connectivity index (χ0n) is 19.5. The first-order valence-electron chi connectivity index (χ1n) is 11.4. The topological polar surface area (TPSA) is 82.7 Å². The molecule has 0 bridgehead atoms. The molecule has 3 aromatic carbocycles. The van der Waals surface area contributed by atoms with Crippen molar-refractivity contribution in [2.24, 2.45) is 0 Å². The van der Waals surface area contributed by atoms with Crippen LogP contribution >= 0.6 is 0 Å². The van der Waals surface area contributed by atoms with Crippen molar-refractivity contribution in [3.63, 3.8) is 0 Å². The molecule has 4 rings (SSSR count). The molecule has 0 saturated heterocycles. The Hall–Kier alpha value is -3.84. The minimum absolute atomic E-state index is 0.249. The monoisotopic (exact) mass is 458 g/mol. The minimum atomic E-state index is -0.558. The van der Waals surface area contributed by atoms with E-state index in [0.29, 0.717) is 17.9 Å². The molecule has 7 nitrogen and oxygen atoms in total. The number of ether oxygens (including phenoxy) is 1. The van der Waals surface area contributed by atoms with Gasteiger partial charge in [-0.2, -0.15) is 0 Å². The number of methoxy groups -OCH3 is 1. The summed E-state index contributed by atoms with van der Waals surface area (Å²) >= 11 is 0. The SMILES string of the molecule is COC(C)C(=O)Nc1cccc(NC(=O)NCc2ccc(CN3CCc4ccccc43)cc2)c1. The van der Waals surface area contributed by atoms with Crippen molar-refractivity contribution in [1.29, 1.82) is 0 Å². The fourth-order valence-electron chi connectivity index (χ4n) is 3.94. The summed E-state index contributed by atoms with van der Waals surface area (Å²) < 4.78 is 5.01. The van der Waals surface area contributed by atoms with Gasteiger partial charge in [0.25, 0.3) is 5.91 Å². The van der Waals surface area contributed by atoms with Crippen LogP contribution in [0.1, 0.15) is 23.6 Å². The molecular weight excluding hydrogens is 428 g/mol. The highest BCUT2D eigenvalue weighted by atomic mass is 16.5. The molecule has 3 amide bonds. The predicted molar refractivity (Wildman–Crippen MR) is 135 cm³/mol. The maximum atomic E-state index is 12.4. The highest BCUT2D eigenvalue weighted by molar-refractivity contribution is 5.95. The Morgan fingerprint density at radius 1 is 0.941 bits per heavy atom. The molecule has 176 valence electrons. The lowest BCUT2D eigenvalue weighted by molar-refractivity contribution is -0.124. The van der Waals surface area contributed by atoms with Gasteiger partial charge in [-0.1, -0.05) is 48.5 Å². The van der Waals surface area contributed by atoms with Gasteiger partial charge in [0.15, 0.2) is 0 Å². The third-order valence-electron chi connectivity index (χ3n) is 5.94. The fourth-order valence-corrected chi connectivity index (χ4v) is 3.94. The number of hydrogen-bond donors (Lipinski definition) is 3. The molecule has 3 aromatic rings. The second-order valence-corrected chi connectivity index (χ2v) is 8.37. The van der Waals surface area contributed by atoms with Crippen LogP contribution in [-0.2, 0) is 29.0 Å². The highest BCUT2D eigenvalue weighted by Gasteiger charge is 2.18. The molecule has 34 heavy (non-hydrogen) atoms. The lowest BCUT2D eigenvalue weighted by Gasteiger charge is -2.19. The smallest absolute Gasteiger partial charge is 0.319 e. The predicted octanol–water partition coefficient (Wildman–Crippen LogP) is 4.54. The number of amides is 3. The number of rotatable bonds is 8. The minimum Gasteiger partial charge on any atom is -0.372 e. The van der Waals surface area contributed by atoms with E-state index in [2.05, 4.69) is 57.2 Å². The summed E-state index contributed by atoms with van der Waals surface area (Å²) in [6.07, 6.45) is 0.534. The number of nitrogens with zero attached hydrogens (tertiary/aromatic N) is 1. The average molecular weight is 459 g/mol. The van der Waals surface area contributed by atoms with Gasteiger partial charge in [-0.3, -0.25) is 4.79 Å². The van der Waals surface area contributed by atoms with Crippen LogP contribution < -0.4 is 20.9 Å². The van der Waals surface area contributed by atoms with Crippen molar-refractivity contribution < 1.29 is 14.3 Å². The van der Waals surface area contributed by atoms with Gasteiger partial charge in [0.1, 0.15) is 6.10 Å². The number of fused-ring (bicyclic) bond motifs is 1. The summed E-state index contributed by atoms with van der Waals surface area (Å²) in [5.74, 6) is -0.249. The van der Waals surface area contributed by atoms with E-state index in [4.69, 9.17) is 4.74 Å². The first kappa shape index (κ1) is 23.3. The van der Waals surface area contributed by atoms with E-state index in [0.717, 1.165) is 25.1 Å². The molecule has 0 saturated carbocycles. The number of anilines is 3. The van der Waals surface area contributed by atoms with Crippen LogP contribution in [0.5, 0.6) is 0 Å². The van der Waals surface area contributed by atoms with E-state index >= 15 is 0 Å². The van der Waals surface area contributed by atoms with Crippen LogP contribution in [0.4, 0.5) is 21.9 Å². The number of para-hydroxylation sites is 1. The van der Waals surface area contributed by atoms with Gasteiger partial charge >= 0.3 is 6.03 Å². The van der Waals surface area contributed by atoms with E-state index in [1.54, 1.807) is 31.2 Å². The van der Waals surface area contributed by atoms with Gasteiger partial charge < -0.3 is 25.6 Å². The Labute approximate surface area is 200 Å². The largest absolute Gasteiger partial charge is 0.372 e. The molecule has 0 fully saturated rings. The summed E-state index contributed by atoms with van der Waals surface area (Å²) in [5.41, 5.74) is 6.17. The van der Waals surface area contributed by atoms with Gasteiger partial charge in [-0.25, -0.2) is 4.79 Å². The standard InChI is InChI=1S/C27H30N4O3/c1-19(34-2)26(32)29-23-7-5-8-24(16-23)30-27(33)28-17-20-10-12-21(13-11-20)18-31-15-14-22-6-3-4-9-25(22)31/h3-13,16,19H,14-15,17-18H2,1-2H3,(H,29,32)(H2,28,30,33). The summed E-state index contributed by atoms with van der Waals surface area (Å²) in [6, 6.07) is 23.6. The third kappa shape index (κ3) is 5.94. The average Bonchev–Trinajstić information content (AvgIpc) is 3.26. The number of carbonyl (C=O) groups excluding carboxylic acids is 2. The second kappa shape index (κ2) is 10.9. The van der Waals surface area contributed by atoms with E-state index in [1.165, 1.54) is 23.9 Å². The van der Waals surface area contributed by atoms with Gasteiger partial charge in [-0.05, 0) is 54.3 Å². The fraction of sp³-hybridized carbons (Fsp3) is 0.259. The van der Waals surface area contributed by atoms with E-state index in [-0.39, 0.29) is 11.9 Å². The summed E-state index contributed by atoms with van der Waals surface area (Å²) in [7, 11) is 1.48. The molecule has 1 heterocycles. The molecule has 0 aliphatic carbocycles. The maximum Gasteiger partial charge on any atom is 0.319 e. The molecule has 1 atom stereocenters. The first-order valence-corrected chi connectivity index (χ1v) is 11.4. The maximum absolute atomic E-state index is 12.4. The molecule has 0 aromatic heterocycles. The zero-order chi connectivity index (χ0) is 23.9. The van der Waals surface area contributed by atoms with Gasteiger partial charge in [0, 0.05) is 43.8 Å². The molecule has 0 spiro atoms. The molecular formula is C27H30N4O3. The molecule has 3 N–H and O–H groups in total. The lowest BCUT2D eigenvalue weighted by atomic mass is 10.1. The lowest BCUT2D eigenvalue weighted by Crippen LogP contribution is -2.28. The molecule has 1 aliphatic rings. The Kier molecular flexibility index (Phi) is 7.44. The number of benzene rings is 3. The summed E-state index contributed by atoms with van der Waals surface area (Å²) in [4.78, 5) is 26.7. The number of hydrogen-bond acceptors (Lipinski definition) is 4. The van der Waals surface area contributed by atoms with Crippen LogP contribution in [0.25, 0.3) is 0 Å². The number of nitrogens with one attached hydrogen (secondary N) is 3. The van der Waals surface area contributed by atoms with E-state index in [1.807, 2.05) is 12.1 Å². The number of urea groups is 1. The quantitative estimate of drug-likeness (QED) is 0.463. The van der Waals surface area contributed by atoms with E-state index in [9.17, 15) is 9.59 Å². The molecule has 1 unspecified atom stereocenters. The molecule has 1 aliphatic heterocycles. The number of carbonyl (C=O) groups is 2. The normalized spacial score (nSPS) is 13.2. The first-order chi connectivity index (χ1) is 16.5. The Morgan fingerprint density at radius 3 is 2.41 bits per heavy atom. The van der Waals surface area contributed by atoms with Gasteiger partial charge in [-0.15, -0.1) is 0 Å². The van der Waals surface area contributed by atoms with Crippen molar-refractivity contribution >= 4 is 29.0 Å². The van der Waals surface area contributed by atoms with E-state index < -0.39 is 6.10 Å². The van der Waals surface area contributed by atoms with Crippen molar-refractivity contribution in [2.75, 3.05) is 29.2 Å². The Balaban J connectivity index is 1.26. The highest BCUT2D eigenvalue weighted by Crippen LogP contribution is 2.28. The Morgan fingerprint density at radius 2 is 1.65 bits per heavy atom. The van der Waals surface area contributed by atoms with Crippen LogP contribution in [0, 0.1) is 0 Å². The van der Waals surface area contributed by atoms with Crippen LogP contribution in [0.2, 0.25) is 0 Å². The zero-order valence-corrected chi connectivity index (χ0v) is 19.5. The van der Waals surface area contributed by atoms with Crippen molar-refractivity contribution in [3.8, 4) is 0 Å². The summed E-state index contributed by atoms with van der Waals surface area (Å²) in [5, 5.41) is 8.43. The van der Waals surface area contributed by atoms with Crippen LogP contribution in [-0.4, -0.2) is 31.7 Å².